The number of esters is 1. The van der Waals surface area contributed by atoms with Crippen molar-refractivity contribution in [3.63, 3.8) is 0 Å². The summed E-state index contributed by atoms with van der Waals surface area (Å²) in [6.07, 6.45) is 3.12. The lowest BCUT2D eigenvalue weighted by Crippen LogP contribution is -2.39. The van der Waals surface area contributed by atoms with Crippen molar-refractivity contribution >= 4 is 11.8 Å². The highest BCUT2D eigenvalue weighted by Crippen LogP contribution is 2.23. The van der Waals surface area contributed by atoms with Crippen molar-refractivity contribution in [3.8, 4) is 0 Å². The minimum absolute atomic E-state index is 0.153. The van der Waals surface area contributed by atoms with Gasteiger partial charge >= 0.3 is 5.97 Å². The maximum Gasteiger partial charge on any atom is 0.316 e. The molecule has 0 N–H and O–H groups in total. The van der Waals surface area contributed by atoms with Crippen molar-refractivity contribution in [2.24, 2.45) is 5.92 Å². The maximum absolute atomic E-state index is 11.7. The fourth-order valence-electron chi connectivity index (χ4n) is 1.73. The first-order valence-corrected chi connectivity index (χ1v) is 5.04. The van der Waals surface area contributed by atoms with Gasteiger partial charge in [-0.25, -0.2) is 0 Å². The van der Waals surface area contributed by atoms with E-state index in [1.54, 1.807) is 0 Å². The van der Waals surface area contributed by atoms with E-state index in [0.29, 0.717) is 12.8 Å². The zero-order chi connectivity index (χ0) is 11.3. The molecule has 0 amide bonds. The molecule has 0 saturated heterocycles. The minimum Gasteiger partial charge on any atom is -0.461 e. The van der Waals surface area contributed by atoms with Crippen LogP contribution in [0.2, 0.25) is 0 Å². The predicted octanol–water partition coefficient (Wildman–Crippen LogP) is 1.10. The Kier molecular flexibility index (Phi) is 4.49. The van der Waals surface area contributed by atoms with E-state index in [-0.39, 0.29) is 12.4 Å². The number of Topliss-reactive ketones (excluding diaryl/α,β-unsaturated/α-hetero) is 1. The predicted molar refractivity (Wildman–Crippen MR) is 54.3 cm³/mol. The summed E-state index contributed by atoms with van der Waals surface area (Å²) in [6.45, 7) is 3.59. The minimum atomic E-state index is -0.649. The molecule has 1 aliphatic carbocycles. The molecule has 1 saturated carbocycles. The highest BCUT2D eigenvalue weighted by Gasteiger charge is 2.36. The van der Waals surface area contributed by atoms with Crippen molar-refractivity contribution < 1.29 is 19.1 Å². The van der Waals surface area contributed by atoms with Crippen LogP contribution in [0.15, 0.2) is 12.7 Å². The topological polar surface area (TPSA) is 52.6 Å². The molecule has 15 heavy (non-hydrogen) atoms. The number of carbonyl (C=O) groups excluding carboxylic acids is 2. The van der Waals surface area contributed by atoms with E-state index in [1.165, 1.54) is 13.2 Å². The Hall–Kier alpha value is -1.16. The monoisotopic (exact) mass is 212 g/mol. The highest BCUT2D eigenvalue weighted by atomic mass is 16.5. The zero-order valence-corrected chi connectivity index (χ0v) is 8.90. The summed E-state index contributed by atoms with van der Waals surface area (Å²) in [7, 11) is 1.49. The fourth-order valence-corrected chi connectivity index (χ4v) is 1.73. The first kappa shape index (κ1) is 11.9. The molecule has 0 aromatic rings. The second kappa shape index (κ2) is 5.66. The van der Waals surface area contributed by atoms with Crippen LogP contribution in [0, 0.1) is 5.92 Å². The smallest absolute Gasteiger partial charge is 0.316 e. The van der Waals surface area contributed by atoms with E-state index >= 15 is 0 Å². The molecule has 4 heteroatoms. The van der Waals surface area contributed by atoms with Gasteiger partial charge in [0.25, 0.3) is 0 Å². The number of rotatable bonds is 4. The summed E-state index contributed by atoms with van der Waals surface area (Å²) in [6, 6.07) is 0. The summed E-state index contributed by atoms with van der Waals surface area (Å²) in [5.41, 5.74) is 0. The molecule has 1 fully saturated rings. The van der Waals surface area contributed by atoms with Gasteiger partial charge < -0.3 is 9.47 Å². The molecular weight excluding hydrogens is 196 g/mol. The van der Waals surface area contributed by atoms with E-state index in [4.69, 9.17) is 9.47 Å². The van der Waals surface area contributed by atoms with Gasteiger partial charge in [0, 0.05) is 7.11 Å². The maximum atomic E-state index is 11.7. The number of ketones is 1. The lowest BCUT2D eigenvalue weighted by Gasteiger charge is -2.25. The molecule has 1 rings (SSSR count). The molecule has 0 spiro atoms. The van der Waals surface area contributed by atoms with Gasteiger partial charge in [-0.15, -0.1) is 0 Å². The third-order valence-electron chi connectivity index (χ3n) is 2.53. The van der Waals surface area contributed by atoms with Crippen LogP contribution in [0.3, 0.4) is 0 Å². The summed E-state index contributed by atoms with van der Waals surface area (Å²) < 4.78 is 9.87. The number of ether oxygens (including phenoxy) is 2. The molecule has 84 valence electrons. The van der Waals surface area contributed by atoms with Gasteiger partial charge in [-0.3, -0.25) is 9.59 Å². The number of hydrogen-bond acceptors (Lipinski definition) is 4. The third-order valence-corrected chi connectivity index (χ3v) is 2.53. The van der Waals surface area contributed by atoms with Gasteiger partial charge in [0.15, 0.2) is 5.78 Å². The SMILES string of the molecule is C=CCOC(=O)C1CCCC(OC)C1=O. The molecule has 0 heterocycles. The van der Waals surface area contributed by atoms with Crippen LogP contribution < -0.4 is 0 Å². The van der Waals surface area contributed by atoms with Crippen LogP contribution in [-0.2, 0) is 19.1 Å². The normalized spacial score (nSPS) is 26.1. The number of carbonyl (C=O) groups is 2. The van der Waals surface area contributed by atoms with E-state index in [0.717, 1.165) is 6.42 Å². The molecule has 0 aromatic carbocycles. The van der Waals surface area contributed by atoms with Crippen LogP contribution in [0.5, 0.6) is 0 Å². The average molecular weight is 212 g/mol. The lowest BCUT2D eigenvalue weighted by molar-refractivity contribution is -0.156. The first-order chi connectivity index (χ1) is 7.20. The third kappa shape index (κ3) is 2.89. The Balaban J connectivity index is 2.56. The Labute approximate surface area is 89.2 Å². The van der Waals surface area contributed by atoms with E-state index < -0.39 is 18.0 Å². The van der Waals surface area contributed by atoms with Gasteiger partial charge in [-0.1, -0.05) is 12.7 Å². The van der Waals surface area contributed by atoms with Gasteiger partial charge in [-0.05, 0) is 19.3 Å². The second-order valence-corrected chi connectivity index (χ2v) is 3.53. The summed E-state index contributed by atoms with van der Waals surface area (Å²) in [5, 5.41) is 0. The van der Waals surface area contributed by atoms with Crippen molar-refractivity contribution in [1.29, 1.82) is 0 Å². The van der Waals surface area contributed by atoms with Crippen LogP contribution in [-0.4, -0.2) is 31.6 Å². The highest BCUT2D eigenvalue weighted by molar-refractivity contribution is 6.01. The van der Waals surface area contributed by atoms with Crippen molar-refractivity contribution in [2.45, 2.75) is 25.4 Å². The average Bonchev–Trinajstić information content (AvgIpc) is 2.26. The Morgan fingerprint density at radius 1 is 1.60 bits per heavy atom. The molecule has 0 bridgehead atoms. The molecule has 1 aliphatic rings. The zero-order valence-electron chi connectivity index (χ0n) is 8.90. The van der Waals surface area contributed by atoms with Gasteiger partial charge in [0.05, 0.1) is 0 Å². The van der Waals surface area contributed by atoms with Crippen molar-refractivity contribution in [2.75, 3.05) is 13.7 Å². The summed E-state index contributed by atoms with van der Waals surface area (Å²) in [4.78, 5) is 23.2. The van der Waals surface area contributed by atoms with E-state index in [9.17, 15) is 9.59 Å². The van der Waals surface area contributed by atoms with Crippen LogP contribution >= 0.6 is 0 Å². The Morgan fingerprint density at radius 2 is 2.33 bits per heavy atom. The van der Waals surface area contributed by atoms with Crippen LogP contribution in [0.25, 0.3) is 0 Å². The van der Waals surface area contributed by atoms with Crippen LogP contribution in [0.4, 0.5) is 0 Å². The second-order valence-electron chi connectivity index (χ2n) is 3.53. The molecule has 2 atom stereocenters. The number of methoxy groups -OCH3 is 1. The molecular formula is C11H16O4. The molecule has 4 nitrogen and oxygen atoms in total. The Morgan fingerprint density at radius 3 is 2.93 bits per heavy atom. The summed E-state index contributed by atoms with van der Waals surface area (Å²) in [5.74, 6) is -1.26. The van der Waals surface area contributed by atoms with Crippen molar-refractivity contribution in [1.82, 2.24) is 0 Å². The number of hydrogen-bond donors (Lipinski definition) is 0. The fraction of sp³-hybridized carbons (Fsp3) is 0.636. The van der Waals surface area contributed by atoms with Crippen molar-refractivity contribution in [3.05, 3.63) is 12.7 Å². The molecule has 0 aliphatic heterocycles. The first-order valence-electron chi connectivity index (χ1n) is 5.04. The largest absolute Gasteiger partial charge is 0.461 e. The van der Waals surface area contributed by atoms with Crippen LogP contribution in [0.1, 0.15) is 19.3 Å². The van der Waals surface area contributed by atoms with Gasteiger partial charge in [0.2, 0.25) is 0 Å². The molecule has 2 unspecified atom stereocenters. The van der Waals surface area contributed by atoms with Gasteiger partial charge in [0.1, 0.15) is 18.6 Å². The van der Waals surface area contributed by atoms with E-state index in [1.807, 2.05) is 0 Å². The van der Waals surface area contributed by atoms with Gasteiger partial charge in [-0.2, -0.15) is 0 Å². The lowest BCUT2D eigenvalue weighted by atomic mass is 9.86. The van der Waals surface area contributed by atoms with E-state index in [2.05, 4.69) is 6.58 Å². The Bertz CT molecular complexity index is 259. The molecule has 0 radical (unpaired) electrons. The molecule has 0 aromatic heterocycles. The summed E-state index contributed by atoms with van der Waals surface area (Å²) >= 11 is 0. The standard InChI is InChI=1S/C11H16O4/c1-3-7-15-11(13)8-5-4-6-9(14-2)10(8)12/h3,8-9H,1,4-7H2,2H3. The quantitative estimate of drug-likeness (QED) is 0.398.